The third-order valence-electron chi connectivity index (χ3n) is 4.81. The SMILES string of the molecule is CC(C)(C)c1cc(C(F)(F)C(F)(F)C(F)(F)C(F)(F)F)cc(C(F)(F)C(F)(F)C(F)(F)C(F)(F)F)c1. The van der Waals surface area contributed by atoms with Crippen molar-refractivity contribution in [2.45, 2.75) is 74.1 Å². The van der Waals surface area contributed by atoms with E-state index in [0.717, 1.165) is 20.8 Å². The Hall–Kier alpha value is -2.04. The van der Waals surface area contributed by atoms with Gasteiger partial charge in [0, 0.05) is 11.1 Å². The monoisotopic (exact) mass is 570 g/mol. The zero-order chi connectivity index (χ0) is 29.4. The van der Waals surface area contributed by atoms with Crippen LogP contribution in [0, 0.1) is 0 Å². The maximum absolute atomic E-state index is 14.3. The predicted octanol–water partition coefficient (Wildman–Crippen LogP) is 8.83. The van der Waals surface area contributed by atoms with Gasteiger partial charge in [0.1, 0.15) is 0 Å². The van der Waals surface area contributed by atoms with Crippen LogP contribution in [-0.4, -0.2) is 36.0 Å². The summed E-state index contributed by atoms with van der Waals surface area (Å²) in [5.74, 6) is -43.7. The summed E-state index contributed by atoms with van der Waals surface area (Å²) in [5, 5.41) is 0. The number of hydrogen-bond donors (Lipinski definition) is 0. The van der Waals surface area contributed by atoms with Gasteiger partial charge < -0.3 is 0 Å². The summed E-state index contributed by atoms with van der Waals surface area (Å²) < 4.78 is 239. The molecular weight excluding hydrogens is 558 g/mol. The highest BCUT2D eigenvalue weighted by atomic mass is 19.4. The average molecular weight is 570 g/mol. The van der Waals surface area contributed by atoms with Crippen molar-refractivity contribution < 1.29 is 79.0 Å². The van der Waals surface area contributed by atoms with Crippen LogP contribution in [0.3, 0.4) is 0 Å². The lowest BCUT2D eigenvalue weighted by Gasteiger charge is -2.36. The fourth-order valence-electron chi connectivity index (χ4n) is 2.54. The van der Waals surface area contributed by atoms with E-state index in [-0.39, 0.29) is 12.1 Å². The van der Waals surface area contributed by atoms with Crippen LogP contribution in [0.5, 0.6) is 0 Å². The zero-order valence-corrected chi connectivity index (χ0v) is 17.5. The van der Waals surface area contributed by atoms with E-state index in [1.165, 1.54) is 0 Å². The Balaban J connectivity index is 4.05. The molecule has 0 saturated carbocycles. The molecule has 0 unspecified atom stereocenters. The fraction of sp³-hybridized carbons (Fsp3) is 0.667. The van der Waals surface area contributed by atoms with Gasteiger partial charge in [0.05, 0.1) is 0 Å². The number of hydrogen-bond acceptors (Lipinski definition) is 0. The molecule has 0 atom stereocenters. The Bertz CT molecular complexity index is 889. The Kier molecular flexibility index (Phi) is 7.31. The molecule has 210 valence electrons. The lowest BCUT2D eigenvalue weighted by atomic mass is 9.81. The summed E-state index contributed by atoms with van der Waals surface area (Å²) in [6.45, 7) is 2.53. The quantitative estimate of drug-likeness (QED) is 0.300. The van der Waals surface area contributed by atoms with Gasteiger partial charge in [0.25, 0.3) is 0 Å². The van der Waals surface area contributed by atoms with E-state index in [1.54, 1.807) is 0 Å². The van der Waals surface area contributed by atoms with E-state index in [9.17, 15) is 79.0 Å². The third-order valence-corrected chi connectivity index (χ3v) is 4.81. The first-order valence-electron chi connectivity index (χ1n) is 8.88. The minimum atomic E-state index is -7.56. The van der Waals surface area contributed by atoms with Gasteiger partial charge in [-0.3, -0.25) is 0 Å². The smallest absolute Gasteiger partial charge is 0.194 e. The van der Waals surface area contributed by atoms with Crippen LogP contribution < -0.4 is 0 Å². The van der Waals surface area contributed by atoms with E-state index < -0.39 is 76.1 Å². The highest BCUT2D eigenvalue weighted by molar-refractivity contribution is 5.40. The summed E-state index contributed by atoms with van der Waals surface area (Å²) in [6.07, 6.45) is -14.7. The van der Waals surface area contributed by atoms with Crippen LogP contribution in [-0.2, 0) is 17.3 Å². The topological polar surface area (TPSA) is 0 Å². The number of alkyl halides is 18. The Morgan fingerprint density at radius 1 is 0.361 bits per heavy atom. The molecule has 0 spiro atoms. The number of rotatable bonds is 6. The summed E-state index contributed by atoms with van der Waals surface area (Å²) in [6, 6.07) is -2.06. The van der Waals surface area contributed by atoms with Crippen molar-refractivity contribution in [3.63, 3.8) is 0 Å². The average Bonchev–Trinajstić information content (AvgIpc) is 2.64. The van der Waals surface area contributed by atoms with Crippen molar-refractivity contribution in [1.29, 1.82) is 0 Å². The molecule has 0 aliphatic carbocycles. The Morgan fingerprint density at radius 3 is 0.778 bits per heavy atom. The molecule has 0 aliphatic heterocycles. The first-order valence-corrected chi connectivity index (χ1v) is 8.88. The molecule has 0 nitrogen and oxygen atoms in total. The van der Waals surface area contributed by atoms with Gasteiger partial charge in [0.2, 0.25) is 0 Å². The molecule has 0 radical (unpaired) electrons. The summed E-state index contributed by atoms with van der Waals surface area (Å²) in [5.41, 5.74) is -8.97. The molecule has 18 heteroatoms. The molecule has 0 saturated heterocycles. The number of halogens is 18. The van der Waals surface area contributed by atoms with E-state index in [4.69, 9.17) is 0 Å². The van der Waals surface area contributed by atoms with Crippen LogP contribution in [0.1, 0.15) is 37.5 Å². The maximum atomic E-state index is 14.3. The fourth-order valence-corrected chi connectivity index (χ4v) is 2.54. The van der Waals surface area contributed by atoms with Crippen LogP contribution >= 0.6 is 0 Å². The Labute approximate surface area is 189 Å². The summed E-state index contributed by atoms with van der Waals surface area (Å²) >= 11 is 0. The highest BCUT2D eigenvalue weighted by Gasteiger charge is 2.83. The van der Waals surface area contributed by atoms with Gasteiger partial charge in [-0.25, -0.2) is 0 Å². The molecule has 1 aromatic rings. The van der Waals surface area contributed by atoms with Gasteiger partial charge in [-0.2, -0.15) is 79.0 Å². The molecule has 1 rings (SSSR count). The summed E-state index contributed by atoms with van der Waals surface area (Å²) in [7, 11) is 0. The molecule has 0 aliphatic rings. The van der Waals surface area contributed by atoms with Crippen molar-refractivity contribution in [2.75, 3.05) is 0 Å². The van der Waals surface area contributed by atoms with Crippen LogP contribution in [0.25, 0.3) is 0 Å². The minimum Gasteiger partial charge on any atom is -0.194 e. The molecular formula is C18H12F18. The molecule has 0 heterocycles. The third kappa shape index (κ3) is 4.56. The first kappa shape index (κ1) is 32.0. The van der Waals surface area contributed by atoms with Crippen molar-refractivity contribution in [1.82, 2.24) is 0 Å². The van der Waals surface area contributed by atoms with Gasteiger partial charge >= 0.3 is 47.9 Å². The van der Waals surface area contributed by atoms with Gasteiger partial charge in [0.15, 0.2) is 0 Å². The van der Waals surface area contributed by atoms with Crippen LogP contribution in [0.15, 0.2) is 18.2 Å². The second kappa shape index (κ2) is 8.23. The van der Waals surface area contributed by atoms with Crippen molar-refractivity contribution in [3.05, 3.63) is 34.9 Å². The van der Waals surface area contributed by atoms with Crippen molar-refractivity contribution >= 4 is 0 Å². The number of benzene rings is 1. The molecule has 0 bridgehead atoms. The van der Waals surface area contributed by atoms with Gasteiger partial charge in [-0.15, -0.1) is 0 Å². The second-order valence-corrected chi connectivity index (χ2v) is 8.49. The Morgan fingerprint density at radius 2 is 0.583 bits per heavy atom. The normalized spacial score (nSPS) is 15.9. The second-order valence-electron chi connectivity index (χ2n) is 8.49. The van der Waals surface area contributed by atoms with Crippen LogP contribution in [0.2, 0.25) is 0 Å². The highest BCUT2D eigenvalue weighted by Crippen LogP contribution is 2.59. The molecule has 0 amide bonds. The standard InChI is InChI=1S/C18H12F18/c1-10(2,3)7-4-8(11(19,20)13(23,24)15(27,28)17(31,32)33)6-9(5-7)12(21,22)14(25,26)16(29,30)18(34,35)36/h4-6H,1-3H3. The summed E-state index contributed by atoms with van der Waals surface area (Å²) in [4.78, 5) is 0. The lowest BCUT2D eigenvalue weighted by molar-refractivity contribution is -0.400. The van der Waals surface area contributed by atoms with E-state index in [1.807, 2.05) is 0 Å². The lowest BCUT2D eigenvalue weighted by Crippen LogP contribution is -2.60. The first-order chi connectivity index (χ1) is 15.3. The molecule has 0 aromatic heterocycles. The van der Waals surface area contributed by atoms with E-state index >= 15 is 0 Å². The van der Waals surface area contributed by atoms with Crippen molar-refractivity contribution in [2.24, 2.45) is 0 Å². The van der Waals surface area contributed by atoms with E-state index in [2.05, 4.69) is 0 Å². The predicted molar refractivity (Wildman–Crippen MR) is 84.8 cm³/mol. The van der Waals surface area contributed by atoms with Gasteiger partial charge in [-0.05, 0) is 29.2 Å². The molecule has 1 aromatic carbocycles. The molecule has 36 heavy (non-hydrogen) atoms. The van der Waals surface area contributed by atoms with Crippen molar-refractivity contribution in [3.8, 4) is 0 Å². The van der Waals surface area contributed by atoms with Gasteiger partial charge in [-0.1, -0.05) is 20.8 Å². The maximum Gasteiger partial charge on any atom is 0.460 e. The molecule has 0 N–H and O–H groups in total. The zero-order valence-electron chi connectivity index (χ0n) is 17.5. The largest absolute Gasteiger partial charge is 0.460 e. The van der Waals surface area contributed by atoms with E-state index in [0.29, 0.717) is 0 Å². The van der Waals surface area contributed by atoms with Crippen LogP contribution in [0.4, 0.5) is 79.0 Å². The molecule has 0 fully saturated rings. The minimum absolute atomic E-state index is 0.389.